The summed E-state index contributed by atoms with van der Waals surface area (Å²) in [6.07, 6.45) is 6.68. The second-order valence-electron chi connectivity index (χ2n) is 10.9. The number of H-pyrrole nitrogens is 1. The van der Waals surface area contributed by atoms with Gasteiger partial charge in [-0.3, -0.25) is 4.79 Å². The maximum Gasteiger partial charge on any atom is 0.490 e. The van der Waals surface area contributed by atoms with Gasteiger partial charge in [-0.15, -0.1) is 0 Å². The number of nitrogens with one attached hydrogen (secondary N) is 1. The van der Waals surface area contributed by atoms with Crippen molar-refractivity contribution in [3.63, 3.8) is 0 Å². The lowest BCUT2D eigenvalue weighted by Crippen LogP contribution is -2.45. The molecule has 2 aliphatic rings. The summed E-state index contributed by atoms with van der Waals surface area (Å²) >= 11 is 0. The van der Waals surface area contributed by atoms with E-state index in [0.29, 0.717) is 12.3 Å². The van der Waals surface area contributed by atoms with Crippen molar-refractivity contribution in [1.82, 2.24) is 19.9 Å². The Balaban J connectivity index is 0.000000451. The van der Waals surface area contributed by atoms with Gasteiger partial charge >= 0.3 is 12.1 Å². The molecule has 8 nitrogen and oxygen atoms in total. The molecule has 2 saturated heterocycles. The molecule has 2 fully saturated rings. The quantitative estimate of drug-likeness (QED) is 0.295. The molecule has 1 atom stereocenters. The van der Waals surface area contributed by atoms with Crippen LogP contribution in [0.1, 0.15) is 50.5 Å². The van der Waals surface area contributed by atoms with Crippen LogP contribution in [0.2, 0.25) is 0 Å². The van der Waals surface area contributed by atoms with E-state index < -0.39 is 12.1 Å². The molecule has 0 aliphatic carbocycles. The van der Waals surface area contributed by atoms with Crippen LogP contribution in [-0.2, 0) is 16.0 Å². The largest absolute Gasteiger partial charge is 0.490 e. The number of aromatic amines is 1. The molecular weight excluding hydrogens is 547 g/mol. The van der Waals surface area contributed by atoms with E-state index in [1.54, 1.807) is 6.33 Å². The molecule has 2 aromatic carbocycles. The van der Waals surface area contributed by atoms with Gasteiger partial charge < -0.3 is 19.9 Å². The Labute approximate surface area is 241 Å². The fourth-order valence-corrected chi connectivity index (χ4v) is 6.35. The number of likely N-dealkylation sites (tertiary alicyclic amines) is 1. The number of carbonyl (C=O) groups is 2. The molecule has 0 radical (unpaired) electrons. The zero-order valence-electron chi connectivity index (χ0n) is 23.2. The Hall–Kier alpha value is -4.15. The van der Waals surface area contributed by atoms with Crippen LogP contribution in [0.3, 0.4) is 0 Å². The van der Waals surface area contributed by atoms with Gasteiger partial charge in [0.25, 0.3) is 0 Å². The molecule has 4 heterocycles. The SMILES string of the molecule is O=C(CCCc1c[nH]c2ccccc12)N1CCCC2(CCCN2c2ncnc3ccccc23)CC1.O=C(O)C(F)(F)F. The second kappa shape index (κ2) is 12.4. The normalized spacial score (nSPS) is 19.1. The predicted octanol–water partition coefficient (Wildman–Crippen LogP) is 6.12. The zero-order chi connectivity index (χ0) is 29.7. The Kier molecular flexibility index (Phi) is 8.65. The van der Waals surface area contributed by atoms with Crippen molar-refractivity contribution in [1.29, 1.82) is 0 Å². The van der Waals surface area contributed by atoms with E-state index in [4.69, 9.17) is 14.9 Å². The van der Waals surface area contributed by atoms with Crippen molar-refractivity contribution in [3.8, 4) is 0 Å². The zero-order valence-corrected chi connectivity index (χ0v) is 23.2. The fourth-order valence-electron chi connectivity index (χ4n) is 6.35. The van der Waals surface area contributed by atoms with Crippen molar-refractivity contribution in [2.75, 3.05) is 24.5 Å². The number of halogens is 3. The van der Waals surface area contributed by atoms with Gasteiger partial charge in [0.1, 0.15) is 12.1 Å². The van der Waals surface area contributed by atoms with Crippen LogP contribution < -0.4 is 4.90 Å². The summed E-state index contributed by atoms with van der Waals surface area (Å²) in [6, 6.07) is 16.7. The van der Waals surface area contributed by atoms with Crippen LogP contribution in [0.4, 0.5) is 19.0 Å². The number of carboxylic acids is 1. The van der Waals surface area contributed by atoms with Gasteiger partial charge in [-0.05, 0) is 68.7 Å². The summed E-state index contributed by atoms with van der Waals surface area (Å²) in [7, 11) is 0. The van der Waals surface area contributed by atoms with Crippen molar-refractivity contribution >= 4 is 39.5 Å². The molecule has 4 aromatic rings. The number of aryl methyl sites for hydroxylation is 1. The number of carboxylic acid groups (broad SMARTS) is 1. The van der Waals surface area contributed by atoms with Crippen LogP contribution in [0.15, 0.2) is 61.1 Å². The number of amides is 1. The molecule has 1 unspecified atom stereocenters. The molecule has 0 bridgehead atoms. The van der Waals surface area contributed by atoms with Crippen LogP contribution in [0.25, 0.3) is 21.8 Å². The number of anilines is 1. The number of aliphatic carboxylic acids is 1. The standard InChI is InChI=1S/C29H33N5O.C2HF3O2/c35-27(13-5-8-22-20-30-25-11-3-1-9-23(22)25)33-17-6-14-29(16-19-33)15-7-18-34(29)28-24-10-2-4-12-26(24)31-21-32-28;3-2(4,5)1(6)7/h1-4,9-12,20-21,30H,5-8,13-19H2;(H,6,7). The van der Waals surface area contributed by atoms with Gasteiger partial charge in [-0.2, -0.15) is 13.2 Å². The van der Waals surface area contributed by atoms with E-state index in [9.17, 15) is 18.0 Å². The number of benzene rings is 2. The summed E-state index contributed by atoms with van der Waals surface area (Å²) in [5.41, 5.74) is 3.57. The van der Waals surface area contributed by atoms with Crippen molar-refractivity contribution in [2.24, 2.45) is 0 Å². The summed E-state index contributed by atoms with van der Waals surface area (Å²) < 4.78 is 31.7. The van der Waals surface area contributed by atoms with E-state index in [2.05, 4.69) is 68.4 Å². The number of para-hydroxylation sites is 2. The lowest BCUT2D eigenvalue weighted by atomic mass is 9.87. The fraction of sp³-hybridized carbons (Fsp3) is 0.419. The van der Waals surface area contributed by atoms with Crippen molar-refractivity contribution in [2.45, 2.75) is 63.1 Å². The Morgan fingerprint density at radius 3 is 2.38 bits per heavy atom. The third kappa shape index (κ3) is 6.34. The number of nitrogens with zero attached hydrogens (tertiary/aromatic N) is 4. The predicted molar refractivity (Wildman–Crippen MR) is 154 cm³/mol. The van der Waals surface area contributed by atoms with Crippen LogP contribution in [-0.4, -0.2) is 68.2 Å². The molecular formula is C31H34F3N5O3. The summed E-state index contributed by atoms with van der Waals surface area (Å²) in [5, 5.41) is 9.53. The van der Waals surface area contributed by atoms with E-state index in [0.717, 1.165) is 68.5 Å². The lowest BCUT2D eigenvalue weighted by Gasteiger charge is -2.39. The van der Waals surface area contributed by atoms with Gasteiger partial charge in [0.2, 0.25) is 5.91 Å². The Bertz CT molecular complexity index is 1550. The maximum atomic E-state index is 13.2. The van der Waals surface area contributed by atoms with Gasteiger partial charge in [0.05, 0.1) is 5.52 Å². The molecule has 2 aliphatic heterocycles. The first-order valence-corrected chi connectivity index (χ1v) is 14.3. The number of rotatable bonds is 5. The molecule has 1 spiro atoms. The molecule has 2 N–H and O–H groups in total. The molecule has 222 valence electrons. The minimum absolute atomic E-state index is 0.0934. The number of carbonyl (C=O) groups excluding carboxylic acids is 1. The number of hydrogen-bond acceptors (Lipinski definition) is 5. The molecule has 2 aromatic heterocycles. The third-order valence-electron chi connectivity index (χ3n) is 8.40. The highest BCUT2D eigenvalue weighted by Crippen LogP contribution is 2.42. The average Bonchev–Trinajstić information content (AvgIpc) is 3.51. The summed E-state index contributed by atoms with van der Waals surface area (Å²) in [4.78, 5) is 39.3. The Morgan fingerprint density at radius 2 is 1.62 bits per heavy atom. The highest BCUT2D eigenvalue weighted by atomic mass is 19.4. The van der Waals surface area contributed by atoms with E-state index in [-0.39, 0.29) is 5.54 Å². The molecule has 11 heteroatoms. The second-order valence-corrected chi connectivity index (χ2v) is 10.9. The van der Waals surface area contributed by atoms with E-state index in [1.807, 2.05) is 6.07 Å². The third-order valence-corrected chi connectivity index (χ3v) is 8.40. The van der Waals surface area contributed by atoms with E-state index in [1.165, 1.54) is 29.3 Å². The van der Waals surface area contributed by atoms with Gasteiger partial charge in [-0.1, -0.05) is 30.3 Å². The molecule has 0 saturated carbocycles. The van der Waals surface area contributed by atoms with Crippen LogP contribution in [0.5, 0.6) is 0 Å². The summed E-state index contributed by atoms with van der Waals surface area (Å²) in [6.45, 7) is 2.73. The molecule has 1 amide bonds. The van der Waals surface area contributed by atoms with E-state index >= 15 is 0 Å². The monoisotopic (exact) mass is 581 g/mol. The van der Waals surface area contributed by atoms with Gasteiger partial charge in [0, 0.05) is 54.1 Å². The number of alkyl halides is 3. The number of hydrogen-bond donors (Lipinski definition) is 2. The van der Waals surface area contributed by atoms with Crippen molar-refractivity contribution in [3.05, 3.63) is 66.6 Å². The number of aromatic nitrogens is 3. The minimum atomic E-state index is -5.08. The first-order valence-electron chi connectivity index (χ1n) is 14.3. The smallest absolute Gasteiger partial charge is 0.475 e. The first-order chi connectivity index (χ1) is 20.2. The maximum absolute atomic E-state index is 13.2. The highest BCUT2D eigenvalue weighted by molar-refractivity contribution is 5.89. The summed E-state index contributed by atoms with van der Waals surface area (Å²) in [5.74, 6) is -1.39. The topological polar surface area (TPSA) is 102 Å². The lowest BCUT2D eigenvalue weighted by molar-refractivity contribution is -0.192. The Morgan fingerprint density at radius 1 is 0.929 bits per heavy atom. The first kappa shape index (κ1) is 29.3. The van der Waals surface area contributed by atoms with Crippen molar-refractivity contribution < 1.29 is 27.9 Å². The van der Waals surface area contributed by atoms with Crippen LogP contribution in [0, 0.1) is 0 Å². The number of fused-ring (bicyclic) bond motifs is 2. The molecule has 42 heavy (non-hydrogen) atoms. The van der Waals surface area contributed by atoms with Crippen LogP contribution >= 0.6 is 0 Å². The average molecular weight is 582 g/mol. The van der Waals surface area contributed by atoms with Gasteiger partial charge in [0.15, 0.2) is 0 Å². The minimum Gasteiger partial charge on any atom is -0.475 e. The highest BCUT2D eigenvalue weighted by Gasteiger charge is 2.43. The molecule has 6 rings (SSSR count). The van der Waals surface area contributed by atoms with Gasteiger partial charge in [-0.25, -0.2) is 14.8 Å².